The molecule has 1 amide bonds. The second kappa shape index (κ2) is 5.28. The highest BCUT2D eigenvalue weighted by Gasteiger charge is 2.42. The molecule has 2 aliphatic heterocycles. The van der Waals surface area contributed by atoms with Crippen LogP contribution in [0.2, 0.25) is 0 Å². The number of hydrogen-bond donors (Lipinski definition) is 1. The third-order valence-corrected chi connectivity index (χ3v) is 4.03. The van der Waals surface area contributed by atoms with Crippen LogP contribution in [-0.2, 0) is 4.79 Å². The van der Waals surface area contributed by atoms with Crippen molar-refractivity contribution < 1.29 is 23.1 Å². The fraction of sp³-hybridized carbons (Fsp3) is 0.917. The number of carbonyl (C=O) groups excluding carboxylic acids is 1. The van der Waals surface area contributed by atoms with Crippen LogP contribution < -0.4 is 0 Å². The molecule has 2 saturated heterocycles. The van der Waals surface area contributed by atoms with E-state index in [-0.39, 0.29) is 12.5 Å². The summed E-state index contributed by atoms with van der Waals surface area (Å²) < 4.78 is 36.9. The molecule has 19 heavy (non-hydrogen) atoms. The number of carbonyl (C=O) groups is 1. The zero-order valence-corrected chi connectivity index (χ0v) is 10.9. The van der Waals surface area contributed by atoms with Crippen molar-refractivity contribution >= 4 is 5.91 Å². The van der Waals surface area contributed by atoms with Gasteiger partial charge in [0.25, 0.3) is 0 Å². The van der Waals surface area contributed by atoms with Gasteiger partial charge >= 0.3 is 6.18 Å². The lowest BCUT2D eigenvalue weighted by atomic mass is 9.94. The van der Waals surface area contributed by atoms with Crippen molar-refractivity contribution in [2.45, 2.75) is 38.1 Å². The monoisotopic (exact) mass is 280 g/mol. The molecule has 7 heteroatoms. The summed E-state index contributed by atoms with van der Waals surface area (Å²) in [5.41, 5.74) is 0. The number of piperidine rings is 1. The van der Waals surface area contributed by atoms with Gasteiger partial charge in [0.2, 0.25) is 5.91 Å². The first-order chi connectivity index (χ1) is 8.78. The Labute approximate surface area is 110 Å². The smallest absolute Gasteiger partial charge is 0.392 e. The molecule has 0 aromatic carbocycles. The lowest BCUT2D eigenvalue weighted by molar-refractivity contribution is -0.159. The molecule has 2 rings (SSSR count). The molecule has 2 aliphatic rings. The molecule has 110 valence electrons. The topological polar surface area (TPSA) is 43.8 Å². The van der Waals surface area contributed by atoms with Crippen molar-refractivity contribution in [2.24, 2.45) is 5.92 Å². The van der Waals surface area contributed by atoms with E-state index in [1.54, 1.807) is 0 Å². The highest BCUT2D eigenvalue weighted by atomic mass is 19.4. The number of β-amino-alcohol motifs (C(OH)–C–C–N with tert-alkyl or cyclic N) is 1. The Kier molecular flexibility index (Phi) is 4.06. The minimum absolute atomic E-state index is 0.144. The molecular formula is C12H19F3N2O2. The zero-order chi connectivity index (χ0) is 14.2. The van der Waals surface area contributed by atoms with Crippen molar-refractivity contribution in [1.82, 2.24) is 9.80 Å². The number of halogens is 3. The van der Waals surface area contributed by atoms with Gasteiger partial charge in [0.1, 0.15) is 6.54 Å². The van der Waals surface area contributed by atoms with E-state index in [2.05, 4.69) is 0 Å². The summed E-state index contributed by atoms with van der Waals surface area (Å²) in [6.07, 6.45) is -3.67. The van der Waals surface area contributed by atoms with E-state index in [1.807, 2.05) is 11.8 Å². The van der Waals surface area contributed by atoms with Gasteiger partial charge in [-0.2, -0.15) is 13.2 Å². The SMILES string of the molecule is CC1CCN(C2CCN(CC(F)(F)F)C2=O)CC1O. The van der Waals surface area contributed by atoms with Gasteiger partial charge in [-0.15, -0.1) is 0 Å². The number of alkyl halides is 3. The van der Waals surface area contributed by atoms with Crippen LogP contribution in [0.15, 0.2) is 0 Å². The minimum atomic E-state index is -4.35. The average Bonchev–Trinajstić information content (AvgIpc) is 2.63. The average molecular weight is 280 g/mol. The molecule has 3 unspecified atom stereocenters. The Morgan fingerprint density at radius 2 is 2.00 bits per heavy atom. The number of rotatable bonds is 2. The van der Waals surface area contributed by atoms with E-state index in [0.717, 1.165) is 11.3 Å². The van der Waals surface area contributed by atoms with Gasteiger partial charge in [0.15, 0.2) is 0 Å². The van der Waals surface area contributed by atoms with Crippen molar-refractivity contribution in [3.63, 3.8) is 0 Å². The first-order valence-electron chi connectivity index (χ1n) is 6.55. The van der Waals surface area contributed by atoms with Gasteiger partial charge in [-0.25, -0.2) is 0 Å². The zero-order valence-electron chi connectivity index (χ0n) is 10.9. The number of hydrogen-bond acceptors (Lipinski definition) is 3. The second-order valence-electron chi connectivity index (χ2n) is 5.51. The molecule has 0 aliphatic carbocycles. The molecular weight excluding hydrogens is 261 g/mol. The van der Waals surface area contributed by atoms with Crippen LogP contribution in [-0.4, -0.2) is 65.3 Å². The highest BCUT2D eigenvalue weighted by Crippen LogP contribution is 2.26. The third kappa shape index (κ3) is 3.39. The normalized spacial score (nSPS) is 34.1. The molecule has 4 nitrogen and oxygen atoms in total. The van der Waals surface area contributed by atoms with Gasteiger partial charge in [-0.3, -0.25) is 9.69 Å². The summed E-state index contributed by atoms with van der Waals surface area (Å²) in [7, 11) is 0. The van der Waals surface area contributed by atoms with E-state index < -0.39 is 30.8 Å². The number of aliphatic hydroxyl groups excluding tert-OH is 1. The molecule has 0 saturated carbocycles. The molecule has 0 radical (unpaired) electrons. The summed E-state index contributed by atoms with van der Waals surface area (Å²) in [4.78, 5) is 14.7. The number of likely N-dealkylation sites (tertiary alicyclic amines) is 2. The Hall–Kier alpha value is -0.820. The Bertz CT molecular complexity index is 348. The maximum atomic E-state index is 12.3. The van der Waals surface area contributed by atoms with Crippen molar-refractivity contribution in [2.75, 3.05) is 26.2 Å². The number of nitrogens with zero attached hydrogens (tertiary/aromatic N) is 2. The van der Waals surface area contributed by atoms with Crippen LogP contribution in [0.4, 0.5) is 13.2 Å². The van der Waals surface area contributed by atoms with Gasteiger partial charge in [0, 0.05) is 13.1 Å². The van der Waals surface area contributed by atoms with Crippen LogP contribution in [0.5, 0.6) is 0 Å². The first kappa shape index (κ1) is 14.6. The molecule has 0 aromatic rings. The minimum Gasteiger partial charge on any atom is -0.392 e. The predicted molar refractivity (Wildman–Crippen MR) is 62.4 cm³/mol. The maximum absolute atomic E-state index is 12.3. The predicted octanol–water partition coefficient (Wildman–Crippen LogP) is 0.852. The van der Waals surface area contributed by atoms with Gasteiger partial charge < -0.3 is 10.0 Å². The number of aliphatic hydroxyl groups is 1. The van der Waals surface area contributed by atoms with E-state index in [9.17, 15) is 23.1 Å². The summed E-state index contributed by atoms with van der Waals surface area (Å²) in [5, 5.41) is 9.80. The molecule has 0 aromatic heterocycles. The van der Waals surface area contributed by atoms with Crippen LogP contribution in [0.1, 0.15) is 19.8 Å². The van der Waals surface area contributed by atoms with E-state index >= 15 is 0 Å². The fourth-order valence-corrected chi connectivity index (χ4v) is 2.79. The van der Waals surface area contributed by atoms with E-state index in [1.165, 1.54) is 0 Å². The molecule has 2 heterocycles. The molecule has 0 spiro atoms. The van der Waals surface area contributed by atoms with E-state index in [4.69, 9.17) is 0 Å². The summed E-state index contributed by atoms with van der Waals surface area (Å²) in [5.74, 6) is -0.280. The fourth-order valence-electron chi connectivity index (χ4n) is 2.79. The molecule has 0 bridgehead atoms. The van der Waals surface area contributed by atoms with Crippen LogP contribution >= 0.6 is 0 Å². The lowest BCUT2D eigenvalue weighted by Crippen LogP contribution is -2.51. The van der Waals surface area contributed by atoms with E-state index in [0.29, 0.717) is 19.5 Å². The summed E-state index contributed by atoms with van der Waals surface area (Å²) in [6.45, 7) is 1.95. The van der Waals surface area contributed by atoms with Crippen molar-refractivity contribution in [3.05, 3.63) is 0 Å². The third-order valence-electron chi connectivity index (χ3n) is 4.03. The maximum Gasteiger partial charge on any atom is 0.406 e. The van der Waals surface area contributed by atoms with Crippen LogP contribution in [0.3, 0.4) is 0 Å². The van der Waals surface area contributed by atoms with Crippen LogP contribution in [0.25, 0.3) is 0 Å². The van der Waals surface area contributed by atoms with Crippen molar-refractivity contribution in [1.29, 1.82) is 0 Å². The molecule has 1 N–H and O–H groups in total. The lowest BCUT2D eigenvalue weighted by Gasteiger charge is -2.37. The van der Waals surface area contributed by atoms with Crippen LogP contribution in [0, 0.1) is 5.92 Å². The Morgan fingerprint density at radius 1 is 1.32 bits per heavy atom. The molecule has 2 fully saturated rings. The largest absolute Gasteiger partial charge is 0.406 e. The second-order valence-corrected chi connectivity index (χ2v) is 5.51. The quantitative estimate of drug-likeness (QED) is 0.815. The summed E-state index contributed by atoms with van der Waals surface area (Å²) in [6, 6.07) is -0.496. The van der Waals surface area contributed by atoms with Gasteiger partial charge in [-0.05, 0) is 25.3 Å². The van der Waals surface area contributed by atoms with Gasteiger partial charge in [-0.1, -0.05) is 6.92 Å². The first-order valence-corrected chi connectivity index (χ1v) is 6.55. The standard InChI is InChI=1S/C12H19F3N2O2/c1-8-2-4-16(6-10(8)18)9-3-5-17(11(9)19)7-12(13,14)15/h8-10,18H,2-7H2,1H3. The molecule has 3 atom stereocenters. The Balaban J connectivity index is 1.94. The Morgan fingerprint density at radius 3 is 2.58 bits per heavy atom. The summed E-state index contributed by atoms with van der Waals surface area (Å²) >= 11 is 0. The van der Waals surface area contributed by atoms with Gasteiger partial charge in [0.05, 0.1) is 12.1 Å². The van der Waals surface area contributed by atoms with Crippen molar-refractivity contribution in [3.8, 4) is 0 Å². The highest BCUT2D eigenvalue weighted by molar-refractivity contribution is 5.84. The number of amides is 1.